The van der Waals surface area contributed by atoms with Gasteiger partial charge in [0.1, 0.15) is 0 Å². The highest BCUT2D eigenvalue weighted by atomic mass is 35.5. The molecule has 0 amide bonds. The van der Waals surface area contributed by atoms with E-state index in [0.717, 1.165) is 48.5 Å². The molecule has 6 heteroatoms. The summed E-state index contributed by atoms with van der Waals surface area (Å²) in [5.41, 5.74) is 6.26. The lowest BCUT2D eigenvalue weighted by Gasteiger charge is -2.43. The maximum Gasteiger partial charge on any atom is 0.336 e. The largest absolute Gasteiger partial charge is 0.472 e. The van der Waals surface area contributed by atoms with Crippen molar-refractivity contribution in [2.24, 2.45) is 0 Å². The van der Waals surface area contributed by atoms with Gasteiger partial charge in [-0.1, -0.05) is 48.5 Å². The minimum atomic E-state index is -0.258. The first kappa shape index (κ1) is 21.8. The number of ether oxygens (including phenoxy) is 1. The maximum atomic E-state index is 13.2. The van der Waals surface area contributed by atoms with Crippen molar-refractivity contribution in [3.63, 3.8) is 0 Å². The lowest BCUT2D eigenvalue weighted by Crippen LogP contribution is -2.48. The molecule has 33 heavy (non-hydrogen) atoms. The Balaban J connectivity index is 0.00000228. The Morgan fingerprint density at radius 3 is 2.70 bits per heavy atom. The van der Waals surface area contributed by atoms with Crippen LogP contribution in [0.2, 0.25) is 0 Å². The van der Waals surface area contributed by atoms with E-state index in [2.05, 4.69) is 64.8 Å². The highest BCUT2D eigenvalue weighted by Crippen LogP contribution is 2.60. The van der Waals surface area contributed by atoms with Crippen molar-refractivity contribution in [3.8, 4) is 0 Å². The molecule has 0 bridgehead atoms. The zero-order valence-electron chi connectivity index (χ0n) is 18.5. The number of carbonyl (C=O) groups is 1. The van der Waals surface area contributed by atoms with Crippen LogP contribution in [0.5, 0.6) is 0 Å². The fraction of sp³-hybridized carbons (Fsp3) is 0.296. The van der Waals surface area contributed by atoms with E-state index in [1.165, 1.54) is 18.2 Å². The summed E-state index contributed by atoms with van der Waals surface area (Å²) in [4.78, 5) is 15.8. The van der Waals surface area contributed by atoms with Crippen LogP contribution in [-0.4, -0.2) is 30.6 Å². The van der Waals surface area contributed by atoms with Crippen LogP contribution in [-0.2, 0) is 21.5 Å². The summed E-state index contributed by atoms with van der Waals surface area (Å²) in [6.07, 6.45) is 5.27. The number of nitrogens with one attached hydrogen (secondary N) is 1. The van der Waals surface area contributed by atoms with Gasteiger partial charge in [0.2, 0.25) is 0 Å². The summed E-state index contributed by atoms with van der Waals surface area (Å²) >= 11 is 0. The topological polar surface area (TPSA) is 54.7 Å². The molecule has 6 rings (SSSR count). The Kier molecular flexibility index (Phi) is 5.55. The van der Waals surface area contributed by atoms with Gasteiger partial charge in [0.15, 0.2) is 0 Å². The second-order valence-corrected chi connectivity index (χ2v) is 8.99. The predicted octanol–water partition coefficient (Wildman–Crippen LogP) is 5.25. The van der Waals surface area contributed by atoms with Gasteiger partial charge in [0.05, 0.1) is 30.6 Å². The molecular formula is C27H27ClN2O3. The molecule has 0 saturated carbocycles. The number of benzene rings is 2. The highest BCUT2D eigenvalue weighted by molar-refractivity contribution is 5.94. The first-order valence-corrected chi connectivity index (χ1v) is 11.2. The Labute approximate surface area is 199 Å². The van der Waals surface area contributed by atoms with Crippen LogP contribution in [0.1, 0.15) is 35.4 Å². The first-order chi connectivity index (χ1) is 15.7. The summed E-state index contributed by atoms with van der Waals surface area (Å²) in [6.45, 7) is 1.88. The van der Waals surface area contributed by atoms with Gasteiger partial charge in [-0.05, 0) is 41.7 Å². The van der Waals surface area contributed by atoms with Crippen LogP contribution in [0.15, 0.2) is 88.9 Å². The normalized spacial score (nSPS) is 25.5. The molecule has 1 aliphatic carbocycles. The van der Waals surface area contributed by atoms with E-state index in [1.54, 1.807) is 12.5 Å². The Hall–Kier alpha value is -3.02. The highest BCUT2D eigenvalue weighted by Gasteiger charge is 2.60. The van der Waals surface area contributed by atoms with E-state index in [4.69, 9.17) is 9.15 Å². The molecule has 3 atom stereocenters. The van der Waals surface area contributed by atoms with E-state index in [-0.39, 0.29) is 35.8 Å². The molecule has 2 aromatic carbocycles. The van der Waals surface area contributed by atoms with Crippen LogP contribution >= 0.6 is 12.4 Å². The van der Waals surface area contributed by atoms with Crippen LogP contribution in [0.4, 0.5) is 5.69 Å². The molecule has 1 saturated heterocycles. The number of rotatable bonds is 4. The maximum absolute atomic E-state index is 13.2. The molecule has 2 aliphatic heterocycles. The molecule has 3 heterocycles. The van der Waals surface area contributed by atoms with Gasteiger partial charge in [0.25, 0.3) is 0 Å². The monoisotopic (exact) mass is 462 g/mol. The third-order valence-electron chi connectivity index (χ3n) is 7.57. The number of likely N-dealkylation sites (tertiary alicyclic amines) is 1. The van der Waals surface area contributed by atoms with E-state index in [0.29, 0.717) is 0 Å². The standard InChI is InChI=1S/C27H26N2O3.ClH/c1-31-26(30)24-20(19-11-14-32-17-19)15-23-27(21-9-5-6-10-22(21)28-25(24)27)12-13-29(23)16-18-7-3-2-4-8-18;/h2-11,14,17,20,23,28H,12-13,15-16H2,1H3;1H/t20-,23?,27+;/m0./s1. The fourth-order valence-corrected chi connectivity index (χ4v) is 6.23. The number of fused-ring (bicyclic) bond motifs is 1. The zero-order chi connectivity index (χ0) is 21.7. The van der Waals surface area contributed by atoms with Crippen molar-refractivity contribution in [2.75, 3.05) is 19.0 Å². The van der Waals surface area contributed by atoms with Crippen molar-refractivity contribution >= 4 is 24.1 Å². The van der Waals surface area contributed by atoms with Crippen molar-refractivity contribution in [3.05, 3.63) is 101 Å². The Bertz CT molecular complexity index is 1190. The third-order valence-corrected chi connectivity index (χ3v) is 7.57. The molecule has 1 fully saturated rings. The number of anilines is 1. The van der Waals surface area contributed by atoms with Crippen LogP contribution in [0, 0.1) is 0 Å². The predicted molar refractivity (Wildman–Crippen MR) is 129 cm³/mol. The molecule has 0 radical (unpaired) electrons. The lowest BCUT2D eigenvalue weighted by molar-refractivity contribution is -0.136. The average molecular weight is 463 g/mol. The number of nitrogens with zero attached hydrogens (tertiary/aromatic N) is 1. The van der Waals surface area contributed by atoms with Gasteiger partial charge in [0, 0.05) is 36.4 Å². The van der Waals surface area contributed by atoms with Crippen molar-refractivity contribution in [1.29, 1.82) is 0 Å². The van der Waals surface area contributed by atoms with E-state index < -0.39 is 0 Å². The number of halogens is 1. The molecule has 5 nitrogen and oxygen atoms in total. The molecule has 3 aliphatic rings. The molecular weight excluding hydrogens is 436 g/mol. The number of furan rings is 1. The summed E-state index contributed by atoms with van der Waals surface area (Å²) < 4.78 is 10.7. The molecule has 1 spiro atoms. The van der Waals surface area contributed by atoms with Crippen molar-refractivity contribution in [2.45, 2.75) is 36.8 Å². The third kappa shape index (κ3) is 3.22. The SMILES string of the molecule is COC(=O)C1=C2Nc3ccccc3[C@@]23CCN(Cc2ccccc2)C3C[C@H]1c1ccoc1.Cl. The second kappa shape index (κ2) is 8.40. The summed E-state index contributed by atoms with van der Waals surface area (Å²) in [6, 6.07) is 21.4. The smallest absolute Gasteiger partial charge is 0.336 e. The van der Waals surface area contributed by atoms with Crippen molar-refractivity contribution in [1.82, 2.24) is 4.90 Å². The number of para-hydroxylation sites is 1. The number of carbonyl (C=O) groups excluding carboxylic acids is 1. The second-order valence-electron chi connectivity index (χ2n) is 8.99. The van der Waals surface area contributed by atoms with E-state index in [9.17, 15) is 4.79 Å². The van der Waals surface area contributed by atoms with Gasteiger partial charge >= 0.3 is 5.97 Å². The Morgan fingerprint density at radius 2 is 1.94 bits per heavy atom. The fourth-order valence-electron chi connectivity index (χ4n) is 6.23. The Morgan fingerprint density at radius 1 is 1.15 bits per heavy atom. The summed E-state index contributed by atoms with van der Waals surface area (Å²) in [5, 5.41) is 3.66. The van der Waals surface area contributed by atoms with Gasteiger partial charge < -0.3 is 14.5 Å². The molecule has 1 unspecified atom stereocenters. The minimum Gasteiger partial charge on any atom is -0.472 e. The van der Waals surface area contributed by atoms with Gasteiger partial charge in [-0.15, -0.1) is 12.4 Å². The zero-order valence-corrected chi connectivity index (χ0v) is 19.3. The first-order valence-electron chi connectivity index (χ1n) is 11.2. The molecule has 1 aromatic heterocycles. The number of hydrogen-bond donors (Lipinski definition) is 1. The average Bonchev–Trinajstić information content (AvgIpc) is 3.56. The number of esters is 1. The van der Waals surface area contributed by atoms with E-state index in [1.807, 2.05) is 6.07 Å². The number of hydrogen-bond acceptors (Lipinski definition) is 5. The quantitative estimate of drug-likeness (QED) is 0.536. The van der Waals surface area contributed by atoms with Gasteiger partial charge in [-0.25, -0.2) is 4.79 Å². The summed E-state index contributed by atoms with van der Waals surface area (Å²) in [5.74, 6) is -0.335. The lowest BCUT2D eigenvalue weighted by atomic mass is 9.63. The van der Waals surface area contributed by atoms with Crippen LogP contribution in [0.25, 0.3) is 0 Å². The summed E-state index contributed by atoms with van der Waals surface area (Å²) in [7, 11) is 1.47. The minimum absolute atomic E-state index is 0. The molecule has 1 N–H and O–H groups in total. The molecule has 170 valence electrons. The van der Waals surface area contributed by atoms with Crippen LogP contribution in [0.3, 0.4) is 0 Å². The number of methoxy groups -OCH3 is 1. The van der Waals surface area contributed by atoms with Crippen LogP contribution < -0.4 is 5.32 Å². The molecule has 3 aromatic rings. The van der Waals surface area contributed by atoms with Gasteiger partial charge in [-0.2, -0.15) is 0 Å². The van der Waals surface area contributed by atoms with Gasteiger partial charge in [-0.3, -0.25) is 4.90 Å². The van der Waals surface area contributed by atoms with E-state index >= 15 is 0 Å². The van der Waals surface area contributed by atoms with Crippen molar-refractivity contribution < 1.29 is 13.9 Å².